The highest BCUT2D eigenvalue weighted by atomic mass is 31.3. The van der Waals surface area contributed by atoms with E-state index < -0.39 is 131 Å². The molecule has 10 atom stereocenters. The molecule has 3 rings (SSSR count). The highest BCUT2D eigenvalue weighted by Crippen LogP contribution is 2.60. The Morgan fingerprint density at radius 3 is 2.03 bits per heavy atom. The highest BCUT2D eigenvalue weighted by Gasteiger charge is 2.38. The maximum atomic E-state index is 14.6. The van der Waals surface area contributed by atoms with Gasteiger partial charge in [-0.25, -0.2) is 18.7 Å². The first-order valence-corrected chi connectivity index (χ1v) is 33.6. The quantitative estimate of drug-likeness (QED) is 0.0173. The molecule has 2 heterocycles. The van der Waals surface area contributed by atoms with Gasteiger partial charge in [-0.3, -0.25) is 57.1 Å². The van der Waals surface area contributed by atoms with Gasteiger partial charge in [0.2, 0.25) is 29.5 Å². The first-order chi connectivity index (χ1) is 42.7. The Kier molecular flexibility index (Phi) is 32.8. The lowest BCUT2D eigenvalue weighted by Crippen LogP contribution is -2.57. The van der Waals surface area contributed by atoms with Crippen molar-refractivity contribution in [3.63, 3.8) is 0 Å². The van der Waals surface area contributed by atoms with Crippen LogP contribution in [0.4, 0.5) is 0 Å². The van der Waals surface area contributed by atoms with Crippen LogP contribution in [0, 0.1) is 17.8 Å². The second-order valence-corrected chi connectivity index (χ2v) is 26.2. The highest BCUT2D eigenvalue weighted by molar-refractivity contribution is 7.61. The molecular formula is C61H93N7O21P2. The van der Waals surface area contributed by atoms with E-state index >= 15 is 0 Å². The second kappa shape index (κ2) is 38.2. The van der Waals surface area contributed by atoms with Crippen molar-refractivity contribution >= 4 is 80.8 Å². The molecule has 0 spiro atoms. The van der Waals surface area contributed by atoms with E-state index in [1.807, 2.05) is 40.7 Å². The average Bonchev–Trinajstić information content (AvgIpc) is 1.63. The first kappa shape index (κ1) is 78.3. The zero-order valence-corrected chi connectivity index (χ0v) is 56.0. The van der Waals surface area contributed by atoms with Crippen LogP contribution < -0.4 is 26.0 Å². The number of nitrogens with one attached hydrogen (secondary N) is 4. The van der Waals surface area contributed by atoms with Gasteiger partial charge in [-0.2, -0.15) is 4.31 Å². The summed E-state index contributed by atoms with van der Waals surface area (Å²) in [5.74, 6) is -7.90. The van der Waals surface area contributed by atoms with Crippen LogP contribution in [0.3, 0.4) is 0 Å². The molecule has 0 aromatic heterocycles. The van der Waals surface area contributed by atoms with Crippen LogP contribution >= 0.6 is 15.6 Å². The van der Waals surface area contributed by atoms with Gasteiger partial charge >= 0.3 is 33.6 Å². The molecule has 1 aromatic rings. The number of likely N-dealkylation sites (N-methyl/N-ethyl adjacent to an activating group) is 2. The van der Waals surface area contributed by atoms with Gasteiger partial charge < -0.3 is 55.1 Å². The zero-order valence-electron chi connectivity index (χ0n) is 54.2. The van der Waals surface area contributed by atoms with Crippen molar-refractivity contribution < 1.29 is 99.2 Å². The van der Waals surface area contributed by atoms with E-state index in [9.17, 15) is 71.7 Å². The van der Waals surface area contributed by atoms with Gasteiger partial charge in [0.25, 0.3) is 17.7 Å². The molecule has 508 valence electrons. The van der Waals surface area contributed by atoms with Crippen LogP contribution in [0.2, 0.25) is 0 Å². The molecule has 0 bridgehead atoms. The van der Waals surface area contributed by atoms with Crippen molar-refractivity contribution in [2.75, 3.05) is 46.9 Å². The molecule has 6 N–H and O–H groups in total. The lowest BCUT2D eigenvalue weighted by molar-refractivity contribution is -0.154. The monoisotopic (exact) mass is 1320 g/mol. The van der Waals surface area contributed by atoms with Gasteiger partial charge in [-0.05, 0) is 114 Å². The summed E-state index contributed by atoms with van der Waals surface area (Å²) in [5.41, 5.74) is 1.40. The SMILES string of the molecule is C/C=C(\C)[C@H]1OC(=O)[C@@H](C)NC(=O)[C@H](C(C)CC)NC(=O)CN(C)C(=O)[C@@H](Cc2ccc(OC(=O)CCCOP(=O)(O)OP(=O)(O)OCCNC(=O)CCCCCCN3C(=O)C=CC3=O)cc2)N(C)C(=O)[C@H](C)NC(=O)[C@@H](CC(C)C)OC(=O)/C(C)=C/CC[C@@H]1C. The molecule has 28 nitrogen and oxygen atoms in total. The molecule has 0 fully saturated rings. The summed E-state index contributed by atoms with van der Waals surface area (Å²) in [4.78, 5) is 169. The molecule has 30 heteroatoms. The fraction of sp³-hybridized carbons (Fsp3) is 0.623. The average molecular weight is 1320 g/mol. The standard InChI is InChI=1S/C61H93N7O21P2/c1-13-39(5)54-57(75)64-44(10)61(79)88-55(40(6)14-2)41(7)21-19-22-42(8)60(78)87-48(35-38(3)4)56(74)63-43(9)58(76)67(12)47(59(77)66(11)37-50(70)65-54)36-45-25-27-46(28-26-45)86-53(73)24-20-33-84-90(80,81)89-91(82,83)85-34-31-62-49(69)23-17-15-16-18-32-68-51(71)29-30-52(68)72/h14,22,25-30,38-39,41,43-44,47-48,54-55H,13,15-21,23-24,31-37H2,1-12H3,(H,62,69)(H,63,74)(H,64,75)(H,65,70)(H,80,81)(H,82,83)/b40-14+,42-22+/t39?,41-,43-,44+,47+,48+,54-,55+/m0/s1. The molecule has 0 radical (unpaired) electrons. The van der Waals surface area contributed by atoms with Crippen LogP contribution in [0.25, 0.3) is 0 Å². The van der Waals surface area contributed by atoms with Gasteiger partial charge in [0.1, 0.15) is 36.0 Å². The van der Waals surface area contributed by atoms with Crippen LogP contribution in [-0.4, -0.2) is 173 Å². The maximum Gasteiger partial charge on any atom is 0.481 e. The van der Waals surface area contributed by atoms with Crippen LogP contribution in [-0.2, 0) is 91.1 Å². The smallest absolute Gasteiger partial charge is 0.456 e. The Bertz CT molecular complexity index is 2900. The van der Waals surface area contributed by atoms with Gasteiger partial charge in [0.15, 0.2) is 6.10 Å². The number of phosphoric ester groups is 2. The van der Waals surface area contributed by atoms with Gasteiger partial charge in [-0.1, -0.05) is 78.2 Å². The summed E-state index contributed by atoms with van der Waals surface area (Å²) >= 11 is 0. The number of nitrogens with zero attached hydrogens (tertiary/aromatic N) is 3. The Morgan fingerprint density at radius 1 is 0.802 bits per heavy atom. The van der Waals surface area contributed by atoms with Crippen LogP contribution in [0.1, 0.15) is 145 Å². The number of rotatable bonds is 26. The number of esters is 3. The number of carbonyl (C=O) groups is 11. The molecule has 0 saturated heterocycles. The number of benzene rings is 1. The fourth-order valence-corrected chi connectivity index (χ4v) is 11.5. The van der Waals surface area contributed by atoms with E-state index in [1.54, 1.807) is 26.8 Å². The van der Waals surface area contributed by atoms with Crippen molar-refractivity contribution in [1.82, 2.24) is 36.0 Å². The topological polar surface area (TPSA) is 376 Å². The molecule has 1 aromatic carbocycles. The molecule has 0 aliphatic carbocycles. The largest absolute Gasteiger partial charge is 0.481 e. The minimum atomic E-state index is -5.22. The van der Waals surface area contributed by atoms with Crippen molar-refractivity contribution in [2.45, 2.75) is 183 Å². The minimum Gasteiger partial charge on any atom is -0.456 e. The van der Waals surface area contributed by atoms with E-state index in [0.717, 1.165) is 20.3 Å². The molecule has 91 heavy (non-hydrogen) atoms. The first-order valence-electron chi connectivity index (χ1n) is 30.6. The van der Waals surface area contributed by atoms with Gasteiger partial charge in [0, 0.05) is 64.2 Å². The van der Waals surface area contributed by atoms with Gasteiger partial charge in [-0.15, -0.1) is 0 Å². The molecule has 0 saturated carbocycles. The van der Waals surface area contributed by atoms with Crippen molar-refractivity contribution in [2.24, 2.45) is 17.8 Å². The van der Waals surface area contributed by atoms with E-state index in [4.69, 9.17) is 18.7 Å². The van der Waals surface area contributed by atoms with Crippen LogP contribution in [0.15, 0.2) is 59.7 Å². The number of unbranched alkanes of at least 4 members (excludes halogenated alkanes) is 3. The summed E-state index contributed by atoms with van der Waals surface area (Å²) in [7, 11) is -7.74. The lowest BCUT2D eigenvalue weighted by atomic mass is 9.93. The predicted molar refractivity (Wildman–Crippen MR) is 331 cm³/mol. The minimum absolute atomic E-state index is 0.0258. The van der Waals surface area contributed by atoms with Crippen molar-refractivity contribution in [1.29, 1.82) is 0 Å². The number of hydrogen-bond donors (Lipinski definition) is 6. The van der Waals surface area contributed by atoms with Gasteiger partial charge in [0.05, 0.1) is 19.8 Å². The summed E-state index contributed by atoms with van der Waals surface area (Å²) in [6.45, 7) is 15.3. The van der Waals surface area contributed by atoms with E-state index in [1.165, 1.54) is 64.4 Å². The Morgan fingerprint density at radius 2 is 1.42 bits per heavy atom. The Labute approximate surface area is 532 Å². The zero-order chi connectivity index (χ0) is 68.3. The molecule has 2 aliphatic rings. The Balaban J connectivity index is 1.71. The maximum absolute atomic E-state index is 14.6. The fourth-order valence-electron chi connectivity index (χ4n) is 9.43. The van der Waals surface area contributed by atoms with Crippen LogP contribution in [0.5, 0.6) is 5.75 Å². The van der Waals surface area contributed by atoms with E-state index in [-0.39, 0.29) is 80.2 Å². The lowest BCUT2D eigenvalue weighted by Gasteiger charge is -2.33. The van der Waals surface area contributed by atoms with E-state index in [2.05, 4.69) is 30.1 Å². The number of hydrogen-bond acceptors (Lipinski definition) is 19. The van der Waals surface area contributed by atoms with Crippen molar-refractivity contribution in [3.8, 4) is 5.75 Å². The molecular weight excluding hydrogens is 1230 g/mol. The third-order valence-electron chi connectivity index (χ3n) is 15.1. The summed E-state index contributed by atoms with van der Waals surface area (Å²) in [6.07, 6.45) is 6.92. The normalized spacial score (nSPS) is 24.1. The summed E-state index contributed by atoms with van der Waals surface area (Å²) < 4.78 is 55.7. The molecule has 8 amide bonds. The number of carbonyl (C=O) groups excluding carboxylic acids is 11. The number of allylic oxidation sites excluding steroid dienone is 2. The third kappa shape index (κ3) is 27.4. The van der Waals surface area contributed by atoms with E-state index in [0.29, 0.717) is 50.5 Å². The molecule has 2 aliphatic heterocycles. The van der Waals surface area contributed by atoms with Crippen molar-refractivity contribution in [3.05, 3.63) is 65.3 Å². The summed E-state index contributed by atoms with van der Waals surface area (Å²) in [6, 6.07) is 0.837. The predicted octanol–water partition coefficient (Wildman–Crippen LogP) is 5.19. The number of ether oxygens (including phenoxy) is 3. The molecule has 3 unspecified atom stereocenters. The second-order valence-electron chi connectivity index (χ2n) is 23.2. The number of imide groups is 1. The summed E-state index contributed by atoms with van der Waals surface area (Å²) in [5, 5.41) is 10.5. The number of cyclic esters (lactones) is 2. The number of phosphoric acid groups is 2. The third-order valence-corrected chi connectivity index (χ3v) is 17.7. The number of amides is 8. The Hall–Kier alpha value is -6.93.